The summed E-state index contributed by atoms with van der Waals surface area (Å²) in [5, 5.41) is 3.08. The lowest BCUT2D eigenvalue weighted by atomic mass is 10.1. The molecule has 2 aromatic rings. The topological polar surface area (TPSA) is 84.9 Å². The largest absolute Gasteiger partial charge is 0.454 e. The van der Waals surface area contributed by atoms with Gasteiger partial charge in [0.2, 0.25) is 16.8 Å². The fourth-order valence-corrected chi connectivity index (χ4v) is 5.08. The summed E-state index contributed by atoms with van der Waals surface area (Å²) >= 11 is 6.19. The normalized spacial score (nSPS) is 17.4. The summed E-state index contributed by atoms with van der Waals surface area (Å²) in [6.45, 7) is 0.868. The van der Waals surface area contributed by atoms with E-state index in [1.165, 1.54) is 10.4 Å². The molecule has 2 heterocycles. The van der Waals surface area contributed by atoms with E-state index in [9.17, 15) is 13.2 Å². The number of carbonyl (C=O) groups excluding carboxylic acids is 1. The number of rotatable bonds is 4. The van der Waals surface area contributed by atoms with E-state index in [0.717, 1.165) is 12.0 Å². The van der Waals surface area contributed by atoms with Crippen molar-refractivity contribution in [1.29, 1.82) is 0 Å². The zero-order chi connectivity index (χ0) is 19.7. The Morgan fingerprint density at radius 1 is 1.11 bits per heavy atom. The van der Waals surface area contributed by atoms with E-state index in [1.54, 1.807) is 24.3 Å². The Bertz CT molecular complexity index is 1020. The standard InChI is InChI=1S/C19H19ClN2O5S/c20-16-5-4-14(22-7-1-2-8-28(22,24)25)10-15(16)19(23)21-11-13-3-6-17-18(9-13)27-12-26-17/h3-6,9-10H,1-2,7-8,11-12H2,(H,21,23). The maximum atomic E-state index is 12.6. The highest BCUT2D eigenvalue weighted by molar-refractivity contribution is 7.92. The number of nitrogens with zero attached hydrogens (tertiary/aromatic N) is 1. The van der Waals surface area contributed by atoms with Crippen LogP contribution in [0.5, 0.6) is 11.5 Å². The molecule has 0 radical (unpaired) electrons. The molecule has 1 amide bonds. The van der Waals surface area contributed by atoms with Gasteiger partial charge < -0.3 is 14.8 Å². The number of carbonyl (C=O) groups is 1. The van der Waals surface area contributed by atoms with Gasteiger partial charge in [0.1, 0.15) is 0 Å². The van der Waals surface area contributed by atoms with Crippen molar-refractivity contribution in [2.24, 2.45) is 0 Å². The van der Waals surface area contributed by atoms with Crippen LogP contribution in [0.1, 0.15) is 28.8 Å². The van der Waals surface area contributed by atoms with E-state index in [2.05, 4.69) is 5.32 Å². The van der Waals surface area contributed by atoms with Gasteiger partial charge >= 0.3 is 0 Å². The van der Waals surface area contributed by atoms with Crippen LogP contribution in [0.2, 0.25) is 5.02 Å². The second kappa shape index (κ2) is 7.52. The van der Waals surface area contributed by atoms with Crippen LogP contribution in [0.15, 0.2) is 36.4 Å². The van der Waals surface area contributed by atoms with E-state index in [4.69, 9.17) is 21.1 Å². The molecule has 28 heavy (non-hydrogen) atoms. The molecule has 0 saturated carbocycles. The third kappa shape index (κ3) is 3.74. The van der Waals surface area contributed by atoms with Gasteiger partial charge in [0.25, 0.3) is 5.91 Å². The predicted octanol–water partition coefficient (Wildman–Crippen LogP) is 2.93. The third-order valence-corrected chi connectivity index (χ3v) is 6.92. The quantitative estimate of drug-likeness (QED) is 0.818. The van der Waals surface area contributed by atoms with Crippen LogP contribution in [0.3, 0.4) is 0 Å². The highest BCUT2D eigenvalue weighted by Crippen LogP contribution is 2.32. The Balaban J connectivity index is 1.51. The second-order valence-electron chi connectivity index (χ2n) is 6.63. The lowest BCUT2D eigenvalue weighted by Gasteiger charge is -2.28. The van der Waals surface area contributed by atoms with Crippen LogP contribution in [-0.4, -0.2) is 33.4 Å². The molecule has 0 aromatic heterocycles. The van der Waals surface area contributed by atoms with E-state index in [-0.39, 0.29) is 35.6 Å². The molecule has 0 unspecified atom stereocenters. The van der Waals surface area contributed by atoms with Crippen LogP contribution in [0.4, 0.5) is 5.69 Å². The van der Waals surface area contributed by atoms with Crippen molar-refractivity contribution < 1.29 is 22.7 Å². The molecule has 7 nitrogen and oxygen atoms in total. The first-order valence-electron chi connectivity index (χ1n) is 8.91. The maximum absolute atomic E-state index is 12.6. The summed E-state index contributed by atoms with van der Waals surface area (Å²) < 4.78 is 36.6. The van der Waals surface area contributed by atoms with Gasteiger partial charge in [0.15, 0.2) is 11.5 Å². The minimum Gasteiger partial charge on any atom is -0.454 e. The third-order valence-electron chi connectivity index (χ3n) is 4.72. The van der Waals surface area contributed by atoms with Crippen LogP contribution in [-0.2, 0) is 16.6 Å². The van der Waals surface area contributed by atoms with Crippen molar-refractivity contribution in [3.8, 4) is 11.5 Å². The molecule has 0 bridgehead atoms. The van der Waals surface area contributed by atoms with E-state index >= 15 is 0 Å². The lowest BCUT2D eigenvalue weighted by molar-refractivity contribution is 0.0951. The number of anilines is 1. The first kappa shape index (κ1) is 18.9. The van der Waals surface area contributed by atoms with Gasteiger partial charge in [-0.15, -0.1) is 0 Å². The molecule has 9 heteroatoms. The van der Waals surface area contributed by atoms with Gasteiger partial charge in [-0.05, 0) is 48.7 Å². The maximum Gasteiger partial charge on any atom is 0.253 e. The SMILES string of the molecule is O=C(NCc1ccc2c(c1)OCO2)c1cc(N2CCCCS2(=O)=O)ccc1Cl. The van der Waals surface area contributed by atoms with Crippen molar-refractivity contribution in [2.75, 3.05) is 23.4 Å². The predicted molar refractivity (Wildman–Crippen MR) is 106 cm³/mol. The highest BCUT2D eigenvalue weighted by atomic mass is 35.5. The molecule has 0 spiro atoms. The lowest BCUT2D eigenvalue weighted by Crippen LogP contribution is -2.38. The van der Waals surface area contributed by atoms with Crippen LogP contribution in [0, 0.1) is 0 Å². The Morgan fingerprint density at radius 3 is 2.75 bits per heavy atom. The fraction of sp³-hybridized carbons (Fsp3) is 0.316. The van der Waals surface area contributed by atoms with Gasteiger partial charge in [-0.3, -0.25) is 9.10 Å². The highest BCUT2D eigenvalue weighted by Gasteiger charge is 2.27. The summed E-state index contributed by atoms with van der Waals surface area (Å²) in [6, 6.07) is 10.1. The number of fused-ring (bicyclic) bond motifs is 1. The fourth-order valence-electron chi connectivity index (χ4n) is 3.25. The first-order valence-corrected chi connectivity index (χ1v) is 10.9. The zero-order valence-electron chi connectivity index (χ0n) is 15.0. The summed E-state index contributed by atoms with van der Waals surface area (Å²) in [6.07, 6.45) is 1.43. The number of nitrogens with one attached hydrogen (secondary N) is 1. The van der Waals surface area contributed by atoms with Gasteiger partial charge in [-0.2, -0.15) is 0 Å². The Morgan fingerprint density at radius 2 is 1.93 bits per heavy atom. The van der Waals surface area contributed by atoms with Gasteiger partial charge in [-0.1, -0.05) is 17.7 Å². The molecule has 2 aromatic carbocycles. The van der Waals surface area contributed by atoms with Crippen LogP contribution < -0.4 is 19.1 Å². The number of hydrogen-bond donors (Lipinski definition) is 1. The summed E-state index contributed by atoms with van der Waals surface area (Å²) in [5.41, 5.74) is 1.54. The van der Waals surface area contributed by atoms with E-state index in [0.29, 0.717) is 30.2 Å². The van der Waals surface area contributed by atoms with Crippen molar-refractivity contribution in [2.45, 2.75) is 19.4 Å². The number of amides is 1. The molecule has 1 N–H and O–H groups in total. The molecule has 0 atom stereocenters. The van der Waals surface area contributed by atoms with Crippen molar-refractivity contribution in [1.82, 2.24) is 5.32 Å². The minimum atomic E-state index is -3.36. The van der Waals surface area contributed by atoms with Gasteiger partial charge in [-0.25, -0.2) is 8.42 Å². The summed E-state index contributed by atoms with van der Waals surface area (Å²) in [5.74, 6) is 1.05. The molecule has 148 valence electrons. The number of sulfonamides is 1. The number of hydrogen-bond acceptors (Lipinski definition) is 5. The Kier molecular flexibility index (Phi) is 5.07. The first-order chi connectivity index (χ1) is 13.4. The van der Waals surface area contributed by atoms with Crippen molar-refractivity contribution in [3.05, 3.63) is 52.5 Å². The number of benzene rings is 2. The summed E-state index contributed by atoms with van der Waals surface area (Å²) in [7, 11) is -3.36. The molecule has 1 fully saturated rings. The smallest absolute Gasteiger partial charge is 0.253 e. The van der Waals surface area contributed by atoms with Gasteiger partial charge in [0.05, 0.1) is 22.0 Å². The Labute approximate surface area is 168 Å². The van der Waals surface area contributed by atoms with Crippen LogP contribution in [0.25, 0.3) is 0 Å². The molecule has 1 saturated heterocycles. The monoisotopic (exact) mass is 422 g/mol. The van der Waals surface area contributed by atoms with Gasteiger partial charge in [0, 0.05) is 13.1 Å². The number of halogens is 1. The van der Waals surface area contributed by atoms with Crippen molar-refractivity contribution >= 4 is 33.2 Å². The van der Waals surface area contributed by atoms with E-state index in [1.807, 2.05) is 6.07 Å². The van der Waals surface area contributed by atoms with Crippen molar-refractivity contribution in [3.63, 3.8) is 0 Å². The molecule has 0 aliphatic carbocycles. The summed E-state index contributed by atoms with van der Waals surface area (Å²) in [4.78, 5) is 12.6. The van der Waals surface area contributed by atoms with E-state index < -0.39 is 10.0 Å². The zero-order valence-corrected chi connectivity index (χ0v) is 16.6. The molecule has 2 aliphatic heterocycles. The minimum absolute atomic E-state index is 0.112. The Hall–Kier alpha value is -2.45. The second-order valence-corrected chi connectivity index (χ2v) is 9.05. The molecular weight excluding hydrogens is 404 g/mol. The average Bonchev–Trinajstić information content (AvgIpc) is 3.14. The molecule has 2 aliphatic rings. The molecular formula is C19H19ClN2O5S. The molecule has 4 rings (SSSR count). The number of ether oxygens (including phenoxy) is 2. The average molecular weight is 423 g/mol. The van der Waals surface area contributed by atoms with Crippen LogP contribution >= 0.6 is 11.6 Å².